The quantitative estimate of drug-likeness (QED) is 0.845. The molecule has 19 heavy (non-hydrogen) atoms. The Kier molecular flexibility index (Phi) is 3.80. The lowest BCUT2D eigenvalue weighted by molar-refractivity contribution is -0.127. The van der Waals surface area contributed by atoms with Gasteiger partial charge < -0.3 is 15.4 Å². The van der Waals surface area contributed by atoms with Crippen LogP contribution in [0.1, 0.15) is 15.9 Å². The van der Waals surface area contributed by atoms with Gasteiger partial charge in [-0.15, -0.1) is 0 Å². The molecule has 1 aromatic rings. The predicted octanol–water partition coefficient (Wildman–Crippen LogP) is 0.460. The predicted molar refractivity (Wildman–Crippen MR) is 66.0 cm³/mol. The van der Waals surface area contributed by atoms with E-state index in [1.807, 2.05) is 0 Å². The molecule has 102 valence electrons. The van der Waals surface area contributed by atoms with E-state index in [2.05, 4.69) is 0 Å². The molecule has 0 radical (unpaired) electrons. The average molecular weight is 266 g/mol. The summed E-state index contributed by atoms with van der Waals surface area (Å²) < 4.78 is 18.2. The van der Waals surface area contributed by atoms with Crippen molar-refractivity contribution >= 4 is 11.8 Å². The van der Waals surface area contributed by atoms with Crippen molar-refractivity contribution in [2.45, 2.75) is 13.0 Å². The van der Waals surface area contributed by atoms with Gasteiger partial charge in [-0.1, -0.05) is 0 Å². The van der Waals surface area contributed by atoms with Crippen LogP contribution in [0.5, 0.6) is 0 Å². The minimum Gasteiger partial charge on any atom is -0.377 e. The smallest absolute Gasteiger partial charge is 0.254 e. The van der Waals surface area contributed by atoms with E-state index in [0.29, 0.717) is 24.3 Å². The molecule has 1 heterocycles. The lowest BCUT2D eigenvalue weighted by atomic mass is 10.1. The van der Waals surface area contributed by atoms with Crippen molar-refractivity contribution in [2.75, 3.05) is 19.8 Å². The van der Waals surface area contributed by atoms with Crippen molar-refractivity contribution in [2.24, 2.45) is 5.73 Å². The SMILES string of the molecule is Cc1cc(F)ccc1C(=O)N1CCOCC1C(N)=O. The van der Waals surface area contributed by atoms with Crippen molar-refractivity contribution in [3.05, 3.63) is 35.1 Å². The highest BCUT2D eigenvalue weighted by atomic mass is 19.1. The number of primary amides is 1. The number of ether oxygens (including phenoxy) is 1. The normalized spacial score (nSPS) is 19.3. The first-order chi connectivity index (χ1) is 9.00. The molecule has 0 spiro atoms. The first-order valence-corrected chi connectivity index (χ1v) is 5.95. The van der Waals surface area contributed by atoms with E-state index < -0.39 is 17.8 Å². The fourth-order valence-corrected chi connectivity index (χ4v) is 2.10. The Labute approximate surface area is 110 Å². The molecule has 1 aliphatic heterocycles. The van der Waals surface area contributed by atoms with E-state index in [-0.39, 0.29) is 12.5 Å². The number of aryl methyl sites for hydroxylation is 1. The number of nitrogens with zero attached hydrogens (tertiary/aromatic N) is 1. The molecule has 1 aliphatic rings. The van der Waals surface area contributed by atoms with Gasteiger partial charge in [0.25, 0.3) is 5.91 Å². The van der Waals surface area contributed by atoms with Crippen molar-refractivity contribution in [1.82, 2.24) is 4.90 Å². The Morgan fingerprint density at radius 2 is 2.21 bits per heavy atom. The summed E-state index contributed by atoms with van der Waals surface area (Å²) in [5.74, 6) is -1.33. The molecule has 0 saturated carbocycles. The van der Waals surface area contributed by atoms with Gasteiger partial charge in [0.2, 0.25) is 5.91 Å². The second-order valence-electron chi connectivity index (χ2n) is 4.45. The van der Waals surface area contributed by atoms with Crippen molar-refractivity contribution in [1.29, 1.82) is 0 Å². The summed E-state index contributed by atoms with van der Waals surface area (Å²) in [6, 6.07) is 3.15. The second kappa shape index (κ2) is 5.36. The summed E-state index contributed by atoms with van der Waals surface area (Å²) in [5, 5.41) is 0. The maximum absolute atomic E-state index is 13.0. The highest BCUT2D eigenvalue weighted by Gasteiger charge is 2.32. The molecular weight excluding hydrogens is 251 g/mol. The number of nitrogens with two attached hydrogens (primary N) is 1. The zero-order valence-corrected chi connectivity index (χ0v) is 10.6. The van der Waals surface area contributed by atoms with E-state index in [9.17, 15) is 14.0 Å². The van der Waals surface area contributed by atoms with E-state index in [1.54, 1.807) is 6.92 Å². The zero-order valence-electron chi connectivity index (χ0n) is 10.6. The molecule has 0 aliphatic carbocycles. The number of halogens is 1. The fourth-order valence-electron chi connectivity index (χ4n) is 2.10. The topological polar surface area (TPSA) is 72.6 Å². The third-order valence-corrected chi connectivity index (χ3v) is 3.14. The summed E-state index contributed by atoms with van der Waals surface area (Å²) in [4.78, 5) is 25.1. The van der Waals surface area contributed by atoms with Crippen LogP contribution < -0.4 is 5.73 Å². The van der Waals surface area contributed by atoms with E-state index >= 15 is 0 Å². The number of carbonyl (C=O) groups is 2. The maximum atomic E-state index is 13.0. The van der Waals surface area contributed by atoms with Crippen LogP contribution in [0.2, 0.25) is 0 Å². The lowest BCUT2D eigenvalue weighted by Gasteiger charge is -2.33. The van der Waals surface area contributed by atoms with E-state index in [0.717, 1.165) is 0 Å². The molecule has 5 nitrogen and oxygen atoms in total. The number of hydrogen-bond acceptors (Lipinski definition) is 3. The largest absolute Gasteiger partial charge is 0.377 e. The van der Waals surface area contributed by atoms with Gasteiger partial charge in [0.15, 0.2) is 0 Å². The van der Waals surface area contributed by atoms with Gasteiger partial charge in [-0.05, 0) is 30.7 Å². The molecule has 1 atom stereocenters. The van der Waals surface area contributed by atoms with E-state index in [1.165, 1.54) is 23.1 Å². The van der Waals surface area contributed by atoms with Crippen LogP contribution >= 0.6 is 0 Å². The molecule has 1 unspecified atom stereocenters. The number of benzene rings is 1. The molecule has 0 aromatic heterocycles. The number of rotatable bonds is 2. The van der Waals surface area contributed by atoms with Crippen molar-refractivity contribution < 1.29 is 18.7 Å². The Balaban J connectivity index is 2.28. The van der Waals surface area contributed by atoms with Crippen LogP contribution in [-0.4, -0.2) is 42.5 Å². The van der Waals surface area contributed by atoms with Crippen LogP contribution in [0.25, 0.3) is 0 Å². The highest BCUT2D eigenvalue weighted by molar-refractivity contribution is 5.98. The third kappa shape index (κ3) is 2.73. The molecule has 6 heteroatoms. The van der Waals surface area contributed by atoms with Crippen LogP contribution in [0.3, 0.4) is 0 Å². The minimum absolute atomic E-state index is 0.0985. The van der Waals surface area contributed by atoms with Crippen LogP contribution in [0, 0.1) is 12.7 Å². The van der Waals surface area contributed by atoms with Crippen molar-refractivity contribution in [3.8, 4) is 0 Å². The number of hydrogen-bond donors (Lipinski definition) is 1. The van der Waals surface area contributed by atoms with Gasteiger partial charge in [-0.2, -0.15) is 0 Å². The first kappa shape index (κ1) is 13.5. The average Bonchev–Trinajstić information content (AvgIpc) is 2.38. The Morgan fingerprint density at radius 3 is 2.84 bits per heavy atom. The molecule has 2 N–H and O–H groups in total. The number of morpholine rings is 1. The zero-order chi connectivity index (χ0) is 14.0. The Bertz CT molecular complexity index is 519. The van der Waals surface area contributed by atoms with Crippen LogP contribution in [0.4, 0.5) is 4.39 Å². The monoisotopic (exact) mass is 266 g/mol. The summed E-state index contributed by atoms with van der Waals surface area (Å²) in [5.41, 5.74) is 6.16. The fraction of sp³-hybridized carbons (Fsp3) is 0.385. The Hall–Kier alpha value is -1.95. The van der Waals surface area contributed by atoms with Crippen molar-refractivity contribution in [3.63, 3.8) is 0 Å². The summed E-state index contributed by atoms with van der Waals surface area (Å²) in [7, 11) is 0. The van der Waals surface area contributed by atoms with Gasteiger partial charge >= 0.3 is 0 Å². The number of carbonyl (C=O) groups excluding carboxylic acids is 2. The summed E-state index contributed by atoms with van der Waals surface area (Å²) in [6.07, 6.45) is 0. The van der Waals surface area contributed by atoms with Crippen LogP contribution in [-0.2, 0) is 9.53 Å². The molecule has 1 aromatic carbocycles. The minimum atomic E-state index is -0.772. The molecule has 2 rings (SSSR count). The summed E-state index contributed by atoms with van der Waals surface area (Å²) in [6.45, 7) is 2.40. The molecule has 2 amide bonds. The third-order valence-electron chi connectivity index (χ3n) is 3.14. The molecule has 1 saturated heterocycles. The second-order valence-corrected chi connectivity index (χ2v) is 4.45. The molecule has 1 fully saturated rings. The van der Waals surface area contributed by atoms with Gasteiger partial charge in [0, 0.05) is 12.1 Å². The highest BCUT2D eigenvalue weighted by Crippen LogP contribution is 2.16. The Morgan fingerprint density at radius 1 is 1.47 bits per heavy atom. The number of amides is 2. The van der Waals surface area contributed by atoms with Gasteiger partial charge in [0.1, 0.15) is 11.9 Å². The lowest BCUT2D eigenvalue weighted by Crippen LogP contribution is -2.54. The van der Waals surface area contributed by atoms with Gasteiger partial charge in [0.05, 0.1) is 13.2 Å². The van der Waals surface area contributed by atoms with Crippen LogP contribution in [0.15, 0.2) is 18.2 Å². The first-order valence-electron chi connectivity index (χ1n) is 5.95. The molecular formula is C13H15FN2O3. The standard InChI is InChI=1S/C13H15FN2O3/c1-8-6-9(14)2-3-10(8)13(18)16-4-5-19-7-11(16)12(15)17/h2-3,6,11H,4-5,7H2,1H3,(H2,15,17). The van der Waals surface area contributed by atoms with E-state index in [4.69, 9.17) is 10.5 Å². The summed E-state index contributed by atoms with van der Waals surface area (Å²) >= 11 is 0. The van der Waals surface area contributed by atoms with Gasteiger partial charge in [-0.3, -0.25) is 9.59 Å². The maximum Gasteiger partial charge on any atom is 0.254 e. The van der Waals surface area contributed by atoms with Gasteiger partial charge in [-0.25, -0.2) is 4.39 Å². The molecule has 0 bridgehead atoms.